The van der Waals surface area contributed by atoms with E-state index in [1.165, 1.54) is 18.0 Å². The zero-order valence-electron chi connectivity index (χ0n) is 17.0. The van der Waals surface area contributed by atoms with Crippen molar-refractivity contribution in [3.8, 4) is 6.07 Å². The van der Waals surface area contributed by atoms with Crippen molar-refractivity contribution in [3.63, 3.8) is 0 Å². The minimum Gasteiger partial charge on any atom is -0.465 e. The van der Waals surface area contributed by atoms with Crippen LogP contribution in [0.15, 0.2) is 18.2 Å². The van der Waals surface area contributed by atoms with Crippen LogP contribution in [0.1, 0.15) is 17.5 Å². The molecule has 33 heavy (non-hydrogen) atoms. The summed E-state index contributed by atoms with van der Waals surface area (Å²) in [7, 11) is 1.30. The number of anilines is 1. The predicted molar refractivity (Wildman–Crippen MR) is 99.0 cm³/mol. The van der Waals surface area contributed by atoms with Crippen molar-refractivity contribution >= 4 is 17.7 Å². The van der Waals surface area contributed by atoms with Crippen molar-refractivity contribution in [2.75, 3.05) is 31.6 Å². The second kappa shape index (κ2) is 8.62. The van der Waals surface area contributed by atoms with Crippen LogP contribution >= 0.6 is 0 Å². The van der Waals surface area contributed by atoms with E-state index in [2.05, 4.69) is 0 Å². The van der Waals surface area contributed by atoms with Crippen molar-refractivity contribution in [3.05, 3.63) is 29.3 Å². The first-order valence-electron chi connectivity index (χ1n) is 9.58. The molecular weight excluding hydrogens is 462 g/mol. The van der Waals surface area contributed by atoms with E-state index >= 15 is 0 Å². The Bertz CT molecular complexity index is 977. The number of carbonyl (C=O) groups excluding carboxylic acids is 1. The van der Waals surface area contributed by atoms with Crippen LogP contribution in [0.4, 0.5) is 36.8 Å². The SMILES string of the molecule is CN(C(=O)O)C1CCN(C(=O)[C@@H]2CN(c3ccc(C#N)c(C(F)(F)F)c3)[C@@H](C(F)(F)F)O2)C1. The average molecular weight is 480 g/mol. The number of ether oxygens (including phenoxy) is 1. The molecule has 2 amide bonds. The number of carboxylic acid groups (broad SMARTS) is 1. The van der Waals surface area contributed by atoms with Gasteiger partial charge in [-0.2, -0.15) is 31.6 Å². The summed E-state index contributed by atoms with van der Waals surface area (Å²) in [5, 5.41) is 17.9. The molecule has 14 heteroatoms. The number of likely N-dealkylation sites (N-methyl/N-ethyl adjacent to an activating group) is 1. The Balaban J connectivity index is 1.85. The van der Waals surface area contributed by atoms with Crippen LogP contribution in [0, 0.1) is 11.3 Å². The molecule has 0 bridgehead atoms. The first-order chi connectivity index (χ1) is 15.2. The predicted octanol–water partition coefficient (Wildman–Crippen LogP) is 2.88. The lowest BCUT2D eigenvalue weighted by Gasteiger charge is -2.27. The second-order valence-corrected chi connectivity index (χ2v) is 7.63. The third-order valence-electron chi connectivity index (χ3n) is 5.58. The molecule has 3 atom stereocenters. The smallest absolute Gasteiger partial charge is 0.433 e. The minimum absolute atomic E-state index is 0.0483. The van der Waals surface area contributed by atoms with E-state index in [1.54, 1.807) is 0 Å². The number of likely N-dealkylation sites (tertiary alicyclic amines) is 1. The zero-order chi connectivity index (χ0) is 24.7. The van der Waals surface area contributed by atoms with Gasteiger partial charge in [-0.1, -0.05) is 0 Å². The Morgan fingerprint density at radius 1 is 1.21 bits per heavy atom. The molecular formula is C19H18F6N4O4. The van der Waals surface area contributed by atoms with Gasteiger partial charge in [-0.25, -0.2) is 4.79 Å². The van der Waals surface area contributed by atoms with Gasteiger partial charge in [-0.05, 0) is 24.6 Å². The van der Waals surface area contributed by atoms with Gasteiger partial charge in [-0.3, -0.25) is 4.79 Å². The standard InChI is InChI=1S/C19H18F6N4O4/c1-27(17(31)32)12-4-5-28(8-12)15(30)14-9-29(16(33-14)19(23,24)25)11-3-2-10(7-26)13(6-11)18(20,21)22/h2-3,6,12,14,16H,4-5,8-9H2,1H3,(H,31,32)/t12?,14-,16+/m0/s1. The fourth-order valence-electron chi connectivity index (χ4n) is 3.84. The molecule has 0 radical (unpaired) electrons. The number of halogens is 6. The zero-order valence-corrected chi connectivity index (χ0v) is 17.0. The second-order valence-electron chi connectivity index (χ2n) is 7.63. The largest absolute Gasteiger partial charge is 0.465 e. The summed E-state index contributed by atoms with van der Waals surface area (Å²) in [5.74, 6) is -0.822. The van der Waals surface area contributed by atoms with Crippen molar-refractivity contribution in [2.45, 2.75) is 37.1 Å². The van der Waals surface area contributed by atoms with Crippen molar-refractivity contribution in [1.82, 2.24) is 9.80 Å². The van der Waals surface area contributed by atoms with E-state index in [0.717, 1.165) is 17.0 Å². The summed E-state index contributed by atoms with van der Waals surface area (Å²) in [6.45, 7) is -0.637. The highest BCUT2D eigenvalue weighted by Crippen LogP contribution is 2.39. The van der Waals surface area contributed by atoms with Gasteiger partial charge in [0, 0.05) is 25.8 Å². The van der Waals surface area contributed by atoms with Crippen molar-refractivity contribution < 1.29 is 45.8 Å². The molecule has 0 saturated carbocycles. The first kappa shape index (κ1) is 24.4. The Kier molecular flexibility index (Phi) is 6.38. The molecule has 0 aromatic heterocycles. The number of rotatable bonds is 3. The summed E-state index contributed by atoms with van der Waals surface area (Å²) in [4.78, 5) is 26.5. The average Bonchev–Trinajstić information content (AvgIpc) is 3.39. The van der Waals surface area contributed by atoms with Gasteiger partial charge in [0.15, 0.2) is 6.10 Å². The first-order valence-corrected chi connectivity index (χ1v) is 9.58. The Labute approximate surface area is 183 Å². The van der Waals surface area contributed by atoms with E-state index in [4.69, 9.17) is 15.1 Å². The van der Waals surface area contributed by atoms with E-state index in [0.29, 0.717) is 11.0 Å². The number of alkyl halides is 6. The maximum Gasteiger partial charge on any atom is 0.433 e. The normalized spacial score (nSPS) is 23.5. The quantitative estimate of drug-likeness (QED) is 0.669. The van der Waals surface area contributed by atoms with Gasteiger partial charge >= 0.3 is 18.4 Å². The lowest BCUT2D eigenvalue weighted by molar-refractivity contribution is -0.214. The number of hydrogen-bond donors (Lipinski definition) is 1. The van der Waals surface area contributed by atoms with Crippen molar-refractivity contribution in [2.24, 2.45) is 0 Å². The number of carbonyl (C=O) groups is 2. The Morgan fingerprint density at radius 3 is 2.42 bits per heavy atom. The highest BCUT2D eigenvalue weighted by Gasteiger charge is 2.53. The van der Waals surface area contributed by atoms with E-state index in [-0.39, 0.29) is 19.5 Å². The van der Waals surface area contributed by atoms with Gasteiger partial charge in [0.05, 0.1) is 29.8 Å². The van der Waals surface area contributed by atoms with E-state index in [1.807, 2.05) is 0 Å². The van der Waals surface area contributed by atoms with Gasteiger partial charge in [-0.15, -0.1) is 0 Å². The third kappa shape index (κ3) is 4.92. The fraction of sp³-hybridized carbons (Fsp3) is 0.526. The van der Waals surface area contributed by atoms with Crippen LogP contribution in [-0.4, -0.2) is 78.1 Å². The maximum atomic E-state index is 13.6. The topological polar surface area (TPSA) is 97.1 Å². The van der Waals surface area contributed by atoms with Gasteiger partial charge in [0.2, 0.25) is 6.23 Å². The van der Waals surface area contributed by atoms with Crippen LogP contribution in [-0.2, 0) is 15.7 Å². The molecule has 8 nitrogen and oxygen atoms in total. The molecule has 180 valence electrons. The van der Waals surface area contributed by atoms with Crippen LogP contribution in [0.3, 0.4) is 0 Å². The Hall–Kier alpha value is -3.21. The summed E-state index contributed by atoms with van der Waals surface area (Å²) in [5.41, 5.74) is -2.67. The molecule has 0 aliphatic carbocycles. The van der Waals surface area contributed by atoms with Crippen LogP contribution < -0.4 is 4.90 Å². The van der Waals surface area contributed by atoms with Crippen LogP contribution in [0.25, 0.3) is 0 Å². The highest BCUT2D eigenvalue weighted by atomic mass is 19.4. The minimum atomic E-state index is -5.03. The summed E-state index contributed by atoms with van der Waals surface area (Å²) in [6.07, 6.45) is -15.3. The number of amides is 2. The number of nitriles is 1. The Morgan fingerprint density at radius 2 is 1.88 bits per heavy atom. The molecule has 0 spiro atoms. The van der Waals surface area contributed by atoms with E-state index in [9.17, 15) is 35.9 Å². The number of hydrogen-bond acceptors (Lipinski definition) is 5. The van der Waals surface area contributed by atoms with Crippen LogP contribution in [0.5, 0.6) is 0 Å². The molecule has 2 heterocycles. The molecule has 1 unspecified atom stereocenters. The lowest BCUT2D eigenvalue weighted by Crippen LogP contribution is -2.43. The number of benzene rings is 1. The van der Waals surface area contributed by atoms with Crippen molar-refractivity contribution in [1.29, 1.82) is 5.26 Å². The van der Waals surface area contributed by atoms with E-state index < -0.39 is 66.1 Å². The summed E-state index contributed by atoms with van der Waals surface area (Å²) < 4.78 is 85.6. The number of nitrogens with zero attached hydrogens (tertiary/aromatic N) is 4. The lowest BCUT2D eigenvalue weighted by atomic mass is 10.1. The molecule has 1 N–H and O–H groups in total. The molecule has 2 aliphatic rings. The molecule has 1 aromatic carbocycles. The molecule has 3 rings (SSSR count). The summed E-state index contributed by atoms with van der Waals surface area (Å²) >= 11 is 0. The monoisotopic (exact) mass is 480 g/mol. The molecule has 1 aromatic rings. The highest BCUT2D eigenvalue weighted by molar-refractivity contribution is 5.83. The van der Waals surface area contributed by atoms with Gasteiger partial charge in [0.25, 0.3) is 5.91 Å². The fourth-order valence-corrected chi connectivity index (χ4v) is 3.84. The van der Waals surface area contributed by atoms with Crippen LogP contribution in [0.2, 0.25) is 0 Å². The maximum absolute atomic E-state index is 13.6. The molecule has 2 fully saturated rings. The van der Waals surface area contributed by atoms with Gasteiger partial charge < -0.3 is 24.5 Å². The third-order valence-corrected chi connectivity index (χ3v) is 5.58. The van der Waals surface area contributed by atoms with Gasteiger partial charge in [0.1, 0.15) is 0 Å². The molecule has 2 aliphatic heterocycles. The summed E-state index contributed by atoms with van der Waals surface area (Å²) in [6, 6.07) is 2.90. The molecule has 2 saturated heterocycles.